The third-order valence-corrected chi connectivity index (χ3v) is 4.77. The Kier molecular flexibility index (Phi) is 5.33. The van der Waals surface area contributed by atoms with E-state index >= 15 is 0 Å². The molecule has 1 aliphatic heterocycles. The maximum absolute atomic E-state index is 12.4. The SMILES string of the molecule is CCOC(=O)c1nc(C(=O)N2CCC(C(C)C)CC2)cs1. The van der Waals surface area contributed by atoms with Crippen LogP contribution in [-0.4, -0.2) is 41.5 Å². The molecule has 0 aliphatic carbocycles. The fourth-order valence-electron chi connectivity index (χ4n) is 2.59. The van der Waals surface area contributed by atoms with Crippen LogP contribution in [0.25, 0.3) is 0 Å². The summed E-state index contributed by atoms with van der Waals surface area (Å²) in [7, 11) is 0. The monoisotopic (exact) mass is 310 g/mol. The molecular weight excluding hydrogens is 288 g/mol. The van der Waals surface area contributed by atoms with E-state index in [0.717, 1.165) is 37.3 Å². The van der Waals surface area contributed by atoms with E-state index in [9.17, 15) is 9.59 Å². The highest BCUT2D eigenvalue weighted by molar-refractivity contribution is 7.11. The van der Waals surface area contributed by atoms with Gasteiger partial charge in [-0.1, -0.05) is 13.8 Å². The van der Waals surface area contributed by atoms with Crippen molar-refractivity contribution in [3.05, 3.63) is 16.1 Å². The van der Waals surface area contributed by atoms with E-state index in [1.54, 1.807) is 12.3 Å². The molecule has 1 amide bonds. The molecule has 1 aromatic heterocycles. The summed E-state index contributed by atoms with van der Waals surface area (Å²) in [5.41, 5.74) is 0.353. The Morgan fingerprint density at radius 3 is 2.67 bits per heavy atom. The third kappa shape index (κ3) is 3.81. The number of hydrogen-bond acceptors (Lipinski definition) is 5. The number of nitrogens with zero attached hydrogens (tertiary/aromatic N) is 2. The first kappa shape index (κ1) is 15.9. The first-order chi connectivity index (χ1) is 10.0. The Balaban J connectivity index is 1.97. The van der Waals surface area contributed by atoms with Gasteiger partial charge in [0.25, 0.3) is 5.91 Å². The number of amides is 1. The fraction of sp³-hybridized carbons (Fsp3) is 0.667. The average molecular weight is 310 g/mol. The summed E-state index contributed by atoms with van der Waals surface area (Å²) in [6.07, 6.45) is 2.08. The van der Waals surface area contributed by atoms with Crippen molar-refractivity contribution >= 4 is 23.2 Å². The van der Waals surface area contributed by atoms with Gasteiger partial charge in [0.2, 0.25) is 5.01 Å². The highest BCUT2D eigenvalue weighted by atomic mass is 32.1. The van der Waals surface area contributed by atoms with Gasteiger partial charge in [-0.3, -0.25) is 4.79 Å². The Morgan fingerprint density at radius 1 is 1.43 bits per heavy atom. The Hall–Kier alpha value is -1.43. The molecule has 2 heterocycles. The van der Waals surface area contributed by atoms with Crippen LogP contribution in [0.1, 0.15) is 53.9 Å². The lowest BCUT2D eigenvalue weighted by molar-refractivity contribution is 0.0525. The maximum atomic E-state index is 12.4. The number of aromatic nitrogens is 1. The zero-order valence-electron chi connectivity index (χ0n) is 12.8. The summed E-state index contributed by atoms with van der Waals surface area (Å²) in [5, 5.41) is 1.89. The average Bonchev–Trinajstić information content (AvgIpc) is 2.96. The number of rotatable bonds is 4. The number of piperidine rings is 1. The molecule has 0 atom stereocenters. The first-order valence-corrected chi connectivity index (χ1v) is 8.32. The van der Waals surface area contributed by atoms with Gasteiger partial charge in [0.05, 0.1) is 6.61 Å². The highest BCUT2D eigenvalue weighted by Gasteiger charge is 2.27. The van der Waals surface area contributed by atoms with Gasteiger partial charge in [0.1, 0.15) is 5.69 Å². The van der Waals surface area contributed by atoms with Gasteiger partial charge in [-0.25, -0.2) is 9.78 Å². The molecule has 6 heteroatoms. The molecule has 0 radical (unpaired) electrons. The summed E-state index contributed by atoms with van der Waals surface area (Å²) in [4.78, 5) is 29.9. The van der Waals surface area contributed by atoms with E-state index in [1.807, 2.05) is 4.90 Å². The van der Waals surface area contributed by atoms with Crippen molar-refractivity contribution in [2.24, 2.45) is 11.8 Å². The van der Waals surface area contributed by atoms with Crippen LogP contribution in [0.5, 0.6) is 0 Å². The number of likely N-dealkylation sites (tertiary alicyclic amines) is 1. The Labute approximate surface area is 129 Å². The quantitative estimate of drug-likeness (QED) is 0.802. The van der Waals surface area contributed by atoms with Crippen LogP contribution in [0.2, 0.25) is 0 Å². The summed E-state index contributed by atoms with van der Waals surface area (Å²) in [6, 6.07) is 0. The van der Waals surface area contributed by atoms with Gasteiger partial charge in [-0.15, -0.1) is 11.3 Å². The number of carbonyl (C=O) groups is 2. The van der Waals surface area contributed by atoms with Crippen molar-refractivity contribution in [1.29, 1.82) is 0 Å². The van der Waals surface area contributed by atoms with Crippen molar-refractivity contribution < 1.29 is 14.3 Å². The van der Waals surface area contributed by atoms with Crippen molar-refractivity contribution in [1.82, 2.24) is 9.88 Å². The molecule has 0 bridgehead atoms. The van der Waals surface area contributed by atoms with Crippen LogP contribution in [0, 0.1) is 11.8 Å². The molecule has 21 heavy (non-hydrogen) atoms. The largest absolute Gasteiger partial charge is 0.461 e. The number of thiazole rings is 1. The highest BCUT2D eigenvalue weighted by Crippen LogP contribution is 2.25. The molecule has 1 saturated heterocycles. The van der Waals surface area contributed by atoms with Gasteiger partial charge in [-0.05, 0) is 31.6 Å². The van der Waals surface area contributed by atoms with Crippen LogP contribution in [0.3, 0.4) is 0 Å². The molecule has 0 unspecified atom stereocenters. The van der Waals surface area contributed by atoms with Crippen molar-refractivity contribution in [2.45, 2.75) is 33.6 Å². The number of esters is 1. The zero-order valence-corrected chi connectivity index (χ0v) is 13.6. The molecule has 0 aromatic carbocycles. The molecule has 2 rings (SSSR count). The minimum Gasteiger partial charge on any atom is -0.461 e. The molecule has 1 aliphatic rings. The molecular formula is C15H22N2O3S. The van der Waals surface area contributed by atoms with E-state index in [1.165, 1.54) is 0 Å². The predicted octanol–water partition coefficient (Wildman–Crippen LogP) is 2.83. The molecule has 0 saturated carbocycles. The maximum Gasteiger partial charge on any atom is 0.367 e. The molecule has 0 spiro atoms. The van der Waals surface area contributed by atoms with E-state index in [4.69, 9.17) is 4.74 Å². The third-order valence-electron chi connectivity index (χ3n) is 3.94. The van der Waals surface area contributed by atoms with Gasteiger partial charge in [0, 0.05) is 18.5 Å². The topological polar surface area (TPSA) is 59.5 Å². The van der Waals surface area contributed by atoms with Gasteiger partial charge in [0.15, 0.2) is 0 Å². The van der Waals surface area contributed by atoms with Crippen LogP contribution >= 0.6 is 11.3 Å². The van der Waals surface area contributed by atoms with Crippen molar-refractivity contribution in [2.75, 3.05) is 19.7 Å². The molecule has 116 valence electrons. The first-order valence-electron chi connectivity index (χ1n) is 7.44. The number of ether oxygens (including phenoxy) is 1. The summed E-state index contributed by atoms with van der Waals surface area (Å²) in [5.74, 6) is 0.820. The van der Waals surface area contributed by atoms with Crippen LogP contribution in [0.4, 0.5) is 0 Å². The molecule has 5 nitrogen and oxygen atoms in total. The Morgan fingerprint density at radius 2 is 2.10 bits per heavy atom. The zero-order chi connectivity index (χ0) is 15.4. The number of hydrogen-bond donors (Lipinski definition) is 0. The van der Waals surface area contributed by atoms with E-state index in [2.05, 4.69) is 18.8 Å². The van der Waals surface area contributed by atoms with Crippen molar-refractivity contribution in [3.63, 3.8) is 0 Å². The van der Waals surface area contributed by atoms with Crippen LogP contribution in [0.15, 0.2) is 5.38 Å². The second-order valence-electron chi connectivity index (χ2n) is 5.63. The number of carbonyl (C=O) groups excluding carboxylic acids is 2. The van der Waals surface area contributed by atoms with Crippen LogP contribution in [-0.2, 0) is 4.74 Å². The smallest absolute Gasteiger partial charge is 0.367 e. The molecule has 1 fully saturated rings. The molecule has 1 aromatic rings. The second kappa shape index (κ2) is 7.02. The van der Waals surface area contributed by atoms with E-state index < -0.39 is 5.97 Å². The molecule has 0 N–H and O–H groups in total. The van der Waals surface area contributed by atoms with Crippen molar-refractivity contribution in [3.8, 4) is 0 Å². The second-order valence-corrected chi connectivity index (χ2v) is 6.49. The summed E-state index contributed by atoms with van der Waals surface area (Å²) < 4.78 is 4.89. The van der Waals surface area contributed by atoms with E-state index in [0.29, 0.717) is 24.1 Å². The van der Waals surface area contributed by atoms with Gasteiger partial charge in [-0.2, -0.15) is 0 Å². The minimum absolute atomic E-state index is 0.0796. The summed E-state index contributed by atoms with van der Waals surface area (Å²) in [6.45, 7) is 8.06. The summed E-state index contributed by atoms with van der Waals surface area (Å²) >= 11 is 1.16. The lowest BCUT2D eigenvalue weighted by Gasteiger charge is -2.33. The van der Waals surface area contributed by atoms with Crippen LogP contribution < -0.4 is 0 Å². The normalized spacial score (nSPS) is 16.3. The van der Waals surface area contributed by atoms with E-state index in [-0.39, 0.29) is 10.9 Å². The predicted molar refractivity (Wildman–Crippen MR) is 81.5 cm³/mol. The van der Waals surface area contributed by atoms with Gasteiger partial charge < -0.3 is 9.64 Å². The lowest BCUT2D eigenvalue weighted by atomic mass is 9.87. The van der Waals surface area contributed by atoms with Gasteiger partial charge >= 0.3 is 5.97 Å². The Bertz CT molecular complexity index is 505. The fourth-order valence-corrected chi connectivity index (χ4v) is 3.27. The lowest BCUT2D eigenvalue weighted by Crippen LogP contribution is -2.39. The standard InChI is InChI=1S/C15H22N2O3S/c1-4-20-15(19)13-16-12(9-21-13)14(18)17-7-5-11(6-8-17)10(2)3/h9-11H,4-8H2,1-3H3. The minimum atomic E-state index is -0.458.